The third-order valence-electron chi connectivity index (χ3n) is 2.67. The Hall–Kier alpha value is -0.430. The maximum absolute atomic E-state index is 13.4. The first kappa shape index (κ1) is 11.1. The predicted molar refractivity (Wildman–Crippen MR) is 66.7 cm³/mol. The Bertz CT molecular complexity index is 330. The Morgan fingerprint density at radius 2 is 2.33 bits per heavy atom. The molecule has 3 nitrogen and oxygen atoms in total. The Kier molecular flexibility index (Phi) is 3.40. The summed E-state index contributed by atoms with van der Waals surface area (Å²) in [5.74, 6) is 0. The zero-order valence-electron chi connectivity index (χ0n) is 8.24. The van der Waals surface area contributed by atoms with Crippen LogP contribution in [0.15, 0.2) is 18.3 Å². The zero-order valence-corrected chi connectivity index (χ0v) is 10.4. The van der Waals surface area contributed by atoms with Crippen LogP contribution in [0, 0.1) is 3.70 Å². The van der Waals surface area contributed by atoms with Gasteiger partial charge in [-0.3, -0.25) is 0 Å². The van der Waals surface area contributed by atoms with E-state index >= 15 is 0 Å². The highest BCUT2D eigenvalue weighted by atomic mass is 127. The Balaban J connectivity index is 2.08. The van der Waals surface area contributed by atoms with Crippen molar-refractivity contribution in [3.63, 3.8) is 0 Å². The fourth-order valence-electron chi connectivity index (χ4n) is 1.71. The van der Waals surface area contributed by atoms with Gasteiger partial charge in [-0.05, 0) is 41.1 Å². The normalized spacial score (nSPS) is 26.7. The number of hydrogen-bond donors (Lipinski definition) is 1. The largest absolute Gasteiger partial charge is 0.367 e. The minimum absolute atomic E-state index is 0.307. The first-order valence-electron chi connectivity index (χ1n) is 4.93. The smallest absolute Gasteiger partial charge is 0.133 e. The van der Waals surface area contributed by atoms with Crippen LogP contribution in [-0.4, -0.2) is 30.3 Å². The predicted octanol–water partition coefficient (Wildman–Crippen LogP) is 1.56. The lowest BCUT2D eigenvalue weighted by atomic mass is 10.0. The fraction of sp³-hybridized carbons (Fsp3) is 0.500. The van der Waals surface area contributed by atoms with Gasteiger partial charge in [-0.15, -0.1) is 0 Å². The van der Waals surface area contributed by atoms with Crippen LogP contribution in [0.5, 0.6) is 0 Å². The molecule has 0 aliphatic carbocycles. The van der Waals surface area contributed by atoms with Crippen LogP contribution < -0.4 is 10.6 Å². The van der Waals surface area contributed by atoms with Crippen LogP contribution in [0.1, 0.15) is 6.42 Å². The lowest BCUT2D eigenvalue weighted by Gasteiger charge is -2.34. The average molecular weight is 321 g/mol. The number of nitrogens with zero attached hydrogens (tertiary/aromatic N) is 2. The summed E-state index contributed by atoms with van der Waals surface area (Å²) in [5.41, 5.74) is 6.60. The van der Waals surface area contributed by atoms with E-state index < -0.39 is 6.17 Å². The van der Waals surface area contributed by atoms with Crippen molar-refractivity contribution < 1.29 is 4.39 Å². The van der Waals surface area contributed by atoms with Gasteiger partial charge >= 0.3 is 0 Å². The summed E-state index contributed by atoms with van der Waals surface area (Å²) < 4.78 is 14.3. The van der Waals surface area contributed by atoms with E-state index in [0.717, 1.165) is 15.9 Å². The van der Waals surface area contributed by atoms with Crippen molar-refractivity contribution in [2.75, 3.05) is 18.0 Å². The van der Waals surface area contributed by atoms with Crippen molar-refractivity contribution in [3.05, 3.63) is 22.0 Å². The van der Waals surface area contributed by atoms with Gasteiger partial charge in [0.15, 0.2) is 0 Å². The number of anilines is 1. The van der Waals surface area contributed by atoms with Crippen molar-refractivity contribution in [2.24, 2.45) is 5.73 Å². The second kappa shape index (κ2) is 4.61. The van der Waals surface area contributed by atoms with E-state index in [4.69, 9.17) is 5.73 Å². The van der Waals surface area contributed by atoms with Gasteiger partial charge in [0.2, 0.25) is 0 Å². The van der Waals surface area contributed by atoms with Crippen molar-refractivity contribution >= 4 is 28.3 Å². The molecule has 15 heavy (non-hydrogen) atoms. The van der Waals surface area contributed by atoms with Crippen molar-refractivity contribution in [1.29, 1.82) is 0 Å². The highest BCUT2D eigenvalue weighted by Crippen LogP contribution is 2.20. The molecule has 0 unspecified atom stereocenters. The molecule has 2 rings (SSSR count). The first-order valence-corrected chi connectivity index (χ1v) is 6.01. The van der Waals surface area contributed by atoms with Gasteiger partial charge < -0.3 is 10.6 Å². The first-order chi connectivity index (χ1) is 7.16. The Morgan fingerprint density at radius 3 is 2.93 bits per heavy atom. The van der Waals surface area contributed by atoms with E-state index in [0.29, 0.717) is 13.0 Å². The molecule has 1 aromatic heterocycles. The second-order valence-electron chi connectivity index (χ2n) is 3.75. The molecule has 0 spiro atoms. The molecule has 1 aliphatic heterocycles. The maximum atomic E-state index is 13.4. The minimum Gasteiger partial charge on any atom is -0.367 e. The van der Waals surface area contributed by atoms with E-state index in [1.807, 2.05) is 17.0 Å². The summed E-state index contributed by atoms with van der Waals surface area (Å²) >= 11 is 2.15. The standard InChI is InChI=1S/C10H13FIN3/c11-8-6-15(4-3-9(8)13)7-1-2-10(12)14-5-7/h1-2,5,8-9H,3-4,6,13H2/t8-,9-/m0/s1. The number of hydrogen-bond acceptors (Lipinski definition) is 3. The van der Waals surface area contributed by atoms with Gasteiger partial charge in [0, 0.05) is 12.6 Å². The molecule has 1 fully saturated rings. The molecule has 82 valence electrons. The third-order valence-corrected chi connectivity index (χ3v) is 3.31. The average Bonchev–Trinajstić information content (AvgIpc) is 2.23. The van der Waals surface area contributed by atoms with Gasteiger partial charge in [-0.25, -0.2) is 9.37 Å². The molecule has 1 aromatic rings. The third kappa shape index (κ3) is 2.57. The second-order valence-corrected chi connectivity index (χ2v) is 4.86. The summed E-state index contributed by atoms with van der Waals surface area (Å²) in [4.78, 5) is 6.19. The molecule has 1 aliphatic rings. The lowest BCUT2D eigenvalue weighted by Crippen LogP contribution is -2.48. The molecule has 1 saturated heterocycles. The molecule has 0 amide bonds. The number of pyridine rings is 1. The number of aromatic nitrogens is 1. The Morgan fingerprint density at radius 1 is 1.53 bits per heavy atom. The van der Waals surface area contributed by atoms with E-state index in [1.54, 1.807) is 6.20 Å². The molecule has 2 N–H and O–H groups in total. The van der Waals surface area contributed by atoms with Gasteiger partial charge in [-0.2, -0.15) is 0 Å². The fourth-order valence-corrected chi connectivity index (χ4v) is 2.03. The van der Waals surface area contributed by atoms with Crippen LogP contribution in [0.25, 0.3) is 0 Å². The van der Waals surface area contributed by atoms with Gasteiger partial charge in [-0.1, -0.05) is 0 Å². The van der Waals surface area contributed by atoms with E-state index in [1.165, 1.54) is 0 Å². The van der Waals surface area contributed by atoms with Crippen molar-refractivity contribution in [3.8, 4) is 0 Å². The molecule has 0 radical (unpaired) electrons. The summed E-state index contributed by atoms with van der Waals surface area (Å²) in [6, 6.07) is 3.59. The maximum Gasteiger partial charge on any atom is 0.133 e. The van der Waals surface area contributed by atoms with E-state index in [2.05, 4.69) is 27.6 Å². The molecule has 0 bridgehead atoms. The highest BCUT2D eigenvalue weighted by Gasteiger charge is 2.26. The lowest BCUT2D eigenvalue weighted by molar-refractivity contribution is 0.251. The number of nitrogens with two attached hydrogens (primary N) is 1. The summed E-state index contributed by atoms with van der Waals surface area (Å²) in [7, 11) is 0. The van der Waals surface area contributed by atoms with Crippen LogP contribution in [0.2, 0.25) is 0 Å². The van der Waals surface area contributed by atoms with Crippen molar-refractivity contribution in [2.45, 2.75) is 18.6 Å². The van der Waals surface area contributed by atoms with Crippen LogP contribution in [0.3, 0.4) is 0 Å². The van der Waals surface area contributed by atoms with E-state index in [9.17, 15) is 4.39 Å². The number of alkyl halides is 1. The molecular formula is C10H13FIN3. The minimum atomic E-state index is -0.932. The molecule has 0 aromatic carbocycles. The molecule has 2 atom stereocenters. The summed E-state index contributed by atoms with van der Waals surface area (Å²) in [5, 5.41) is 0. The Labute approximate surface area is 102 Å². The SMILES string of the molecule is N[C@H]1CCN(c2ccc(I)nc2)C[C@@H]1F. The van der Waals surface area contributed by atoms with Crippen LogP contribution in [-0.2, 0) is 0 Å². The molecule has 2 heterocycles. The topological polar surface area (TPSA) is 42.1 Å². The van der Waals surface area contributed by atoms with Gasteiger partial charge in [0.1, 0.15) is 9.87 Å². The van der Waals surface area contributed by atoms with Gasteiger partial charge in [0.25, 0.3) is 0 Å². The number of piperidine rings is 1. The molecule has 0 saturated carbocycles. The van der Waals surface area contributed by atoms with Crippen LogP contribution >= 0.6 is 22.6 Å². The zero-order chi connectivity index (χ0) is 10.8. The highest BCUT2D eigenvalue weighted by molar-refractivity contribution is 14.1. The monoisotopic (exact) mass is 321 g/mol. The summed E-state index contributed by atoms with van der Waals surface area (Å²) in [6.45, 7) is 1.19. The number of rotatable bonds is 1. The molecule has 5 heteroatoms. The quantitative estimate of drug-likeness (QED) is 0.631. The summed E-state index contributed by atoms with van der Waals surface area (Å²) in [6.07, 6.45) is 1.55. The number of halogens is 2. The van der Waals surface area contributed by atoms with Crippen molar-refractivity contribution in [1.82, 2.24) is 4.98 Å². The van der Waals surface area contributed by atoms with Gasteiger partial charge in [0.05, 0.1) is 18.4 Å². The van der Waals surface area contributed by atoms with E-state index in [-0.39, 0.29) is 6.04 Å². The molecular weight excluding hydrogens is 308 g/mol. The van der Waals surface area contributed by atoms with Crippen LogP contribution in [0.4, 0.5) is 10.1 Å².